The standard InChI is InChI=1S/C12H15NS/c1-2-14-12-8-5-7-11(10-12)6-3-4-9-13/h5,7-8,10H,2,4,9,13H2,1H3. The van der Waals surface area contributed by atoms with Gasteiger partial charge in [0, 0.05) is 23.4 Å². The predicted octanol–water partition coefficient (Wildman–Crippen LogP) is 2.50. The maximum absolute atomic E-state index is 5.36. The molecule has 1 nitrogen and oxygen atoms in total. The summed E-state index contributed by atoms with van der Waals surface area (Å²) < 4.78 is 0. The molecule has 0 spiro atoms. The molecule has 1 rings (SSSR count). The number of hydrogen-bond donors (Lipinski definition) is 1. The second kappa shape index (κ2) is 6.53. The highest BCUT2D eigenvalue weighted by molar-refractivity contribution is 7.99. The van der Waals surface area contributed by atoms with E-state index < -0.39 is 0 Å². The van der Waals surface area contributed by atoms with E-state index >= 15 is 0 Å². The third-order valence-electron chi connectivity index (χ3n) is 1.65. The number of benzene rings is 1. The maximum Gasteiger partial charge on any atom is 0.0256 e. The van der Waals surface area contributed by atoms with Crippen molar-refractivity contribution in [3.05, 3.63) is 29.8 Å². The summed E-state index contributed by atoms with van der Waals surface area (Å²) in [6, 6.07) is 8.31. The zero-order chi connectivity index (χ0) is 10.2. The molecule has 0 aliphatic rings. The number of hydrogen-bond acceptors (Lipinski definition) is 2. The van der Waals surface area contributed by atoms with Crippen molar-refractivity contribution in [2.24, 2.45) is 5.73 Å². The van der Waals surface area contributed by atoms with Crippen LogP contribution in [0.15, 0.2) is 29.2 Å². The molecule has 0 atom stereocenters. The van der Waals surface area contributed by atoms with E-state index in [0.29, 0.717) is 6.54 Å². The molecule has 0 aliphatic heterocycles. The van der Waals surface area contributed by atoms with Crippen molar-refractivity contribution in [1.82, 2.24) is 0 Å². The largest absolute Gasteiger partial charge is 0.330 e. The van der Waals surface area contributed by atoms with Crippen LogP contribution in [0.1, 0.15) is 18.9 Å². The lowest BCUT2D eigenvalue weighted by Crippen LogP contribution is -1.95. The van der Waals surface area contributed by atoms with Gasteiger partial charge in [-0.1, -0.05) is 24.8 Å². The van der Waals surface area contributed by atoms with E-state index in [1.807, 2.05) is 23.9 Å². The van der Waals surface area contributed by atoms with Crippen LogP contribution >= 0.6 is 11.8 Å². The summed E-state index contributed by atoms with van der Waals surface area (Å²) in [5, 5.41) is 0. The summed E-state index contributed by atoms with van der Waals surface area (Å²) in [6.07, 6.45) is 0.769. The Morgan fingerprint density at radius 3 is 3.00 bits per heavy atom. The molecule has 0 aromatic heterocycles. The van der Waals surface area contributed by atoms with Gasteiger partial charge in [0.05, 0.1) is 0 Å². The molecule has 0 heterocycles. The Labute approximate surface area is 90.1 Å². The third kappa shape index (κ3) is 3.87. The van der Waals surface area contributed by atoms with Crippen molar-refractivity contribution < 1.29 is 0 Å². The van der Waals surface area contributed by atoms with Gasteiger partial charge < -0.3 is 5.73 Å². The van der Waals surface area contributed by atoms with Crippen molar-refractivity contribution >= 4 is 11.8 Å². The molecule has 1 aromatic carbocycles. The molecule has 0 amide bonds. The Morgan fingerprint density at radius 1 is 1.43 bits per heavy atom. The summed E-state index contributed by atoms with van der Waals surface area (Å²) >= 11 is 1.84. The van der Waals surface area contributed by atoms with Crippen LogP contribution in [0.5, 0.6) is 0 Å². The summed E-state index contributed by atoms with van der Waals surface area (Å²) in [4.78, 5) is 1.28. The average molecular weight is 205 g/mol. The second-order valence-electron chi connectivity index (χ2n) is 2.80. The fourth-order valence-corrected chi connectivity index (χ4v) is 1.79. The molecule has 14 heavy (non-hydrogen) atoms. The summed E-state index contributed by atoms with van der Waals surface area (Å²) in [5.74, 6) is 7.23. The van der Waals surface area contributed by atoms with Crippen LogP contribution in [-0.4, -0.2) is 12.3 Å². The van der Waals surface area contributed by atoms with Gasteiger partial charge in [0.15, 0.2) is 0 Å². The smallest absolute Gasteiger partial charge is 0.0256 e. The van der Waals surface area contributed by atoms with Gasteiger partial charge in [-0.15, -0.1) is 11.8 Å². The molecule has 0 bridgehead atoms. The van der Waals surface area contributed by atoms with Gasteiger partial charge in [-0.2, -0.15) is 0 Å². The molecule has 0 saturated heterocycles. The van der Waals surface area contributed by atoms with Gasteiger partial charge in [-0.25, -0.2) is 0 Å². The molecule has 0 fully saturated rings. The fraction of sp³-hybridized carbons (Fsp3) is 0.333. The SMILES string of the molecule is CCSc1cccc(C#CCCN)c1. The van der Waals surface area contributed by atoms with Crippen LogP contribution in [0.4, 0.5) is 0 Å². The molecule has 0 saturated carbocycles. The quantitative estimate of drug-likeness (QED) is 0.606. The van der Waals surface area contributed by atoms with Gasteiger partial charge in [-0.3, -0.25) is 0 Å². The minimum Gasteiger partial charge on any atom is -0.330 e. The normalized spacial score (nSPS) is 9.29. The zero-order valence-electron chi connectivity index (χ0n) is 8.42. The minimum atomic E-state index is 0.635. The van der Waals surface area contributed by atoms with Crippen LogP contribution in [0.2, 0.25) is 0 Å². The first kappa shape index (κ1) is 11.2. The number of thioether (sulfide) groups is 1. The van der Waals surface area contributed by atoms with Crippen LogP contribution in [0.3, 0.4) is 0 Å². The average Bonchev–Trinajstić information content (AvgIpc) is 2.19. The first-order valence-corrected chi connectivity index (χ1v) is 5.77. The second-order valence-corrected chi connectivity index (χ2v) is 4.14. The van der Waals surface area contributed by atoms with E-state index in [2.05, 4.69) is 30.9 Å². The zero-order valence-corrected chi connectivity index (χ0v) is 9.23. The maximum atomic E-state index is 5.36. The Morgan fingerprint density at radius 2 is 2.29 bits per heavy atom. The van der Waals surface area contributed by atoms with Crippen molar-refractivity contribution in [2.45, 2.75) is 18.2 Å². The molecular formula is C12H15NS. The molecule has 0 unspecified atom stereocenters. The Bertz CT molecular complexity index is 336. The molecule has 0 radical (unpaired) electrons. The lowest BCUT2D eigenvalue weighted by atomic mass is 10.2. The lowest BCUT2D eigenvalue weighted by Gasteiger charge is -1.97. The highest BCUT2D eigenvalue weighted by Crippen LogP contribution is 2.17. The molecule has 74 valence electrons. The van der Waals surface area contributed by atoms with Crippen LogP contribution in [0, 0.1) is 11.8 Å². The summed E-state index contributed by atoms with van der Waals surface area (Å²) in [6.45, 7) is 2.79. The van der Waals surface area contributed by atoms with E-state index in [-0.39, 0.29) is 0 Å². The highest BCUT2D eigenvalue weighted by atomic mass is 32.2. The van der Waals surface area contributed by atoms with Gasteiger partial charge >= 0.3 is 0 Å². The van der Waals surface area contributed by atoms with E-state index in [1.54, 1.807) is 0 Å². The van der Waals surface area contributed by atoms with Gasteiger partial charge in [0.2, 0.25) is 0 Å². The molecule has 2 N–H and O–H groups in total. The Kier molecular flexibility index (Phi) is 5.21. The van der Waals surface area contributed by atoms with E-state index in [1.165, 1.54) is 4.90 Å². The molecule has 1 aromatic rings. The Balaban J connectivity index is 2.69. The molecule has 2 heteroatoms. The Hall–Kier alpha value is -0.910. The third-order valence-corrected chi connectivity index (χ3v) is 2.52. The number of nitrogens with two attached hydrogens (primary N) is 1. The summed E-state index contributed by atoms with van der Waals surface area (Å²) in [7, 11) is 0. The predicted molar refractivity (Wildman–Crippen MR) is 63.4 cm³/mol. The first-order chi connectivity index (χ1) is 6.86. The highest BCUT2D eigenvalue weighted by Gasteiger charge is 1.91. The van der Waals surface area contributed by atoms with Gasteiger partial charge in [-0.05, 0) is 24.0 Å². The topological polar surface area (TPSA) is 26.0 Å². The fourth-order valence-electron chi connectivity index (χ4n) is 1.07. The van der Waals surface area contributed by atoms with Crippen LogP contribution in [0.25, 0.3) is 0 Å². The van der Waals surface area contributed by atoms with E-state index in [9.17, 15) is 0 Å². The minimum absolute atomic E-state index is 0.635. The summed E-state index contributed by atoms with van der Waals surface area (Å²) in [5.41, 5.74) is 6.44. The van der Waals surface area contributed by atoms with Crippen molar-refractivity contribution in [1.29, 1.82) is 0 Å². The van der Waals surface area contributed by atoms with Gasteiger partial charge in [0.1, 0.15) is 0 Å². The molecule has 0 aliphatic carbocycles. The van der Waals surface area contributed by atoms with Gasteiger partial charge in [0.25, 0.3) is 0 Å². The van der Waals surface area contributed by atoms with Crippen LogP contribution in [-0.2, 0) is 0 Å². The van der Waals surface area contributed by atoms with Crippen molar-refractivity contribution in [3.8, 4) is 11.8 Å². The lowest BCUT2D eigenvalue weighted by molar-refractivity contribution is 1.03. The monoisotopic (exact) mass is 205 g/mol. The van der Waals surface area contributed by atoms with Crippen molar-refractivity contribution in [3.63, 3.8) is 0 Å². The van der Waals surface area contributed by atoms with E-state index in [0.717, 1.165) is 17.7 Å². The first-order valence-electron chi connectivity index (χ1n) is 4.78. The molecular weight excluding hydrogens is 190 g/mol. The van der Waals surface area contributed by atoms with Crippen LogP contribution < -0.4 is 5.73 Å². The van der Waals surface area contributed by atoms with E-state index in [4.69, 9.17) is 5.73 Å². The van der Waals surface area contributed by atoms with Crippen molar-refractivity contribution in [2.75, 3.05) is 12.3 Å². The number of rotatable bonds is 3.